The molecule has 0 heterocycles. The molecule has 0 radical (unpaired) electrons. The number of nitrogens with two attached hydrogens (primary N) is 1. The van der Waals surface area contributed by atoms with Crippen molar-refractivity contribution in [2.45, 2.75) is 13.3 Å². The molecule has 0 bridgehead atoms. The summed E-state index contributed by atoms with van der Waals surface area (Å²) in [5, 5.41) is 8.36. The van der Waals surface area contributed by atoms with Gasteiger partial charge in [0.1, 0.15) is 0 Å². The highest BCUT2D eigenvalue weighted by Gasteiger charge is 1.95. The minimum Gasteiger partial charge on any atom is -0.478 e. The summed E-state index contributed by atoms with van der Waals surface area (Å²) >= 11 is 0. The second kappa shape index (κ2) is 4.61. The third-order valence-corrected chi connectivity index (χ3v) is 1.03. The molecule has 3 nitrogen and oxygen atoms in total. The van der Waals surface area contributed by atoms with Gasteiger partial charge in [0, 0.05) is 5.57 Å². The molecule has 3 heteroatoms. The van der Waals surface area contributed by atoms with Gasteiger partial charge in [0.05, 0.1) is 0 Å². The molecule has 0 aliphatic heterocycles. The van der Waals surface area contributed by atoms with Gasteiger partial charge in [0.25, 0.3) is 0 Å². The molecule has 56 valence electrons. The summed E-state index contributed by atoms with van der Waals surface area (Å²) in [7, 11) is 0. The molecule has 0 saturated heterocycles. The van der Waals surface area contributed by atoms with Crippen LogP contribution in [0, 0.1) is 0 Å². The highest BCUT2D eigenvalue weighted by Crippen LogP contribution is 1.94. The van der Waals surface area contributed by atoms with Crippen LogP contribution < -0.4 is 5.73 Å². The average Bonchev–Trinajstić information content (AvgIpc) is 1.88. The van der Waals surface area contributed by atoms with Crippen LogP contribution in [0.3, 0.4) is 0 Å². The molecule has 3 N–H and O–H groups in total. The first-order valence-electron chi connectivity index (χ1n) is 2.95. The van der Waals surface area contributed by atoms with Crippen LogP contribution in [0.15, 0.2) is 23.9 Å². The average molecular weight is 141 g/mol. The third kappa shape index (κ3) is 3.72. The van der Waals surface area contributed by atoms with E-state index in [1.54, 1.807) is 19.1 Å². The Kier molecular flexibility index (Phi) is 4.04. The number of carboxylic acids is 1. The first-order valence-corrected chi connectivity index (χ1v) is 2.95. The summed E-state index contributed by atoms with van der Waals surface area (Å²) in [4.78, 5) is 10.2. The van der Waals surface area contributed by atoms with E-state index in [1.807, 2.05) is 0 Å². The summed E-state index contributed by atoms with van der Waals surface area (Å²) < 4.78 is 0. The molecular weight excluding hydrogens is 130 g/mol. The molecule has 10 heavy (non-hydrogen) atoms. The van der Waals surface area contributed by atoms with E-state index in [1.165, 1.54) is 6.20 Å². The number of carbonyl (C=O) groups is 1. The Morgan fingerprint density at radius 3 is 2.70 bits per heavy atom. The van der Waals surface area contributed by atoms with E-state index < -0.39 is 5.97 Å². The Hall–Kier alpha value is -1.25. The van der Waals surface area contributed by atoms with E-state index in [4.69, 9.17) is 10.8 Å². The summed E-state index contributed by atoms with van der Waals surface area (Å²) in [5.74, 6) is -0.884. The van der Waals surface area contributed by atoms with Crippen LogP contribution in [-0.4, -0.2) is 11.1 Å². The maximum absolute atomic E-state index is 10.2. The second-order valence-corrected chi connectivity index (χ2v) is 1.86. The largest absolute Gasteiger partial charge is 0.478 e. The topological polar surface area (TPSA) is 63.3 Å². The smallest absolute Gasteiger partial charge is 0.330 e. The lowest BCUT2D eigenvalue weighted by Gasteiger charge is -1.88. The predicted octanol–water partition coefficient (Wildman–Crippen LogP) is 0.880. The lowest BCUT2D eigenvalue weighted by atomic mass is 10.2. The van der Waals surface area contributed by atoms with E-state index in [-0.39, 0.29) is 0 Å². The van der Waals surface area contributed by atoms with Crippen LogP contribution in [0.4, 0.5) is 0 Å². The molecule has 0 aromatic carbocycles. The Bertz CT molecular complexity index is 170. The van der Waals surface area contributed by atoms with Crippen molar-refractivity contribution in [3.63, 3.8) is 0 Å². The van der Waals surface area contributed by atoms with Crippen LogP contribution in [0.25, 0.3) is 0 Å². The lowest BCUT2D eigenvalue weighted by molar-refractivity contribution is -0.132. The van der Waals surface area contributed by atoms with Gasteiger partial charge in [-0.3, -0.25) is 0 Å². The van der Waals surface area contributed by atoms with E-state index in [9.17, 15) is 4.79 Å². The fourth-order valence-electron chi connectivity index (χ4n) is 0.411. The molecule has 0 fully saturated rings. The van der Waals surface area contributed by atoms with Crippen molar-refractivity contribution in [3.8, 4) is 0 Å². The molecule has 0 aromatic heterocycles. The van der Waals surface area contributed by atoms with Gasteiger partial charge in [-0.25, -0.2) is 4.79 Å². The summed E-state index contributed by atoms with van der Waals surface area (Å²) in [6.45, 7) is 1.55. The fourth-order valence-corrected chi connectivity index (χ4v) is 0.411. The van der Waals surface area contributed by atoms with Gasteiger partial charge >= 0.3 is 5.97 Å². The quantitative estimate of drug-likeness (QED) is 0.573. The predicted molar refractivity (Wildman–Crippen MR) is 39.3 cm³/mol. The summed E-state index contributed by atoms with van der Waals surface area (Å²) in [5.41, 5.74) is 5.38. The zero-order chi connectivity index (χ0) is 7.98. The second-order valence-electron chi connectivity index (χ2n) is 1.86. The lowest BCUT2D eigenvalue weighted by Crippen LogP contribution is -1.95. The normalized spacial score (nSPS) is 12.3. The first kappa shape index (κ1) is 8.75. The maximum Gasteiger partial charge on any atom is 0.330 e. The molecule has 0 aliphatic carbocycles. The highest BCUT2D eigenvalue weighted by atomic mass is 16.4. The van der Waals surface area contributed by atoms with Crippen molar-refractivity contribution in [3.05, 3.63) is 23.9 Å². The molecular formula is C7H11NO2. The van der Waals surface area contributed by atoms with Gasteiger partial charge in [0.2, 0.25) is 0 Å². The zero-order valence-corrected chi connectivity index (χ0v) is 5.87. The van der Waals surface area contributed by atoms with Gasteiger partial charge < -0.3 is 10.8 Å². The molecule has 0 aromatic rings. The molecule has 0 atom stereocenters. The van der Waals surface area contributed by atoms with Crippen LogP contribution in [-0.2, 0) is 4.79 Å². The van der Waals surface area contributed by atoms with E-state index in [2.05, 4.69) is 0 Å². The standard InChI is InChI=1S/C7H11NO2/c1-6(7(9)10)4-2-3-5-8/h3-5H,2,8H2,1H3,(H,9,10). The van der Waals surface area contributed by atoms with E-state index in [0.717, 1.165) is 0 Å². The number of aliphatic carboxylic acids is 1. The third-order valence-electron chi connectivity index (χ3n) is 1.03. The van der Waals surface area contributed by atoms with Gasteiger partial charge in [-0.15, -0.1) is 0 Å². The molecule has 0 spiro atoms. The van der Waals surface area contributed by atoms with Crippen molar-refractivity contribution >= 4 is 5.97 Å². The summed E-state index contributed by atoms with van der Waals surface area (Å²) in [6, 6.07) is 0. The van der Waals surface area contributed by atoms with Crippen LogP contribution in [0.2, 0.25) is 0 Å². The number of hydrogen-bond acceptors (Lipinski definition) is 2. The number of carboxylic acid groups (broad SMARTS) is 1. The minimum atomic E-state index is -0.884. The summed E-state index contributed by atoms with van der Waals surface area (Å²) in [6.07, 6.45) is 5.26. The first-order chi connectivity index (χ1) is 4.68. The number of rotatable bonds is 3. The Morgan fingerprint density at radius 1 is 1.70 bits per heavy atom. The van der Waals surface area contributed by atoms with Crippen LogP contribution in [0.1, 0.15) is 13.3 Å². The van der Waals surface area contributed by atoms with Crippen LogP contribution >= 0.6 is 0 Å². The Balaban J connectivity index is 3.80. The minimum absolute atomic E-state index is 0.345. The van der Waals surface area contributed by atoms with Crippen molar-refractivity contribution < 1.29 is 9.90 Å². The van der Waals surface area contributed by atoms with Gasteiger partial charge in [-0.05, 0) is 19.5 Å². The number of allylic oxidation sites excluding steroid dienone is 2. The molecule has 0 saturated carbocycles. The molecule has 0 aliphatic rings. The Morgan fingerprint density at radius 2 is 2.30 bits per heavy atom. The molecule has 0 amide bonds. The number of hydrogen-bond donors (Lipinski definition) is 2. The van der Waals surface area contributed by atoms with Crippen molar-refractivity contribution in [1.29, 1.82) is 0 Å². The van der Waals surface area contributed by atoms with Gasteiger partial charge in [-0.2, -0.15) is 0 Å². The molecule has 0 rings (SSSR count). The highest BCUT2D eigenvalue weighted by molar-refractivity contribution is 5.85. The van der Waals surface area contributed by atoms with Gasteiger partial charge in [0.15, 0.2) is 0 Å². The van der Waals surface area contributed by atoms with E-state index in [0.29, 0.717) is 12.0 Å². The monoisotopic (exact) mass is 141 g/mol. The van der Waals surface area contributed by atoms with Gasteiger partial charge in [-0.1, -0.05) is 12.2 Å². The SMILES string of the molecule is CC(=CCC=CN)C(=O)O. The maximum atomic E-state index is 10.2. The van der Waals surface area contributed by atoms with Crippen LogP contribution in [0.5, 0.6) is 0 Å². The van der Waals surface area contributed by atoms with E-state index >= 15 is 0 Å². The van der Waals surface area contributed by atoms with Crippen molar-refractivity contribution in [2.24, 2.45) is 5.73 Å². The van der Waals surface area contributed by atoms with Crippen molar-refractivity contribution in [2.75, 3.05) is 0 Å². The zero-order valence-electron chi connectivity index (χ0n) is 5.87. The Labute approximate surface area is 59.8 Å². The fraction of sp³-hybridized carbons (Fsp3) is 0.286. The molecule has 0 unspecified atom stereocenters. The van der Waals surface area contributed by atoms with Crippen molar-refractivity contribution in [1.82, 2.24) is 0 Å².